The van der Waals surface area contributed by atoms with Gasteiger partial charge in [0.2, 0.25) is 5.82 Å². The van der Waals surface area contributed by atoms with Crippen molar-refractivity contribution in [3.8, 4) is 0 Å². The SMILES string of the molecule is C[C@@H](c1ccccc1)N1CC[C@@H](Nc2nc3ccccn3c(=O)c2[N+](=O)[O-])C1. The van der Waals surface area contributed by atoms with E-state index >= 15 is 0 Å². The lowest BCUT2D eigenvalue weighted by atomic mass is 10.1. The topological polar surface area (TPSA) is 92.8 Å². The van der Waals surface area contributed by atoms with Crippen molar-refractivity contribution in [2.75, 3.05) is 18.4 Å². The van der Waals surface area contributed by atoms with Crippen molar-refractivity contribution in [3.63, 3.8) is 0 Å². The van der Waals surface area contributed by atoms with Crippen LogP contribution in [-0.4, -0.2) is 38.3 Å². The molecule has 144 valence electrons. The molecule has 0 aliphatic carbocycles. The van der Waals surface area contributed by atoms with Gasteiger partial charge < -0.3 is 5.32 Å². The molecule has 0 spiro atoms. The van der Waals surface area contributed by atoms with Crippen LogP contribution < -0.4 is 10.9 Å². The lowest BCUT2D eigenvalue weighted by Gasteiger charge is -2.24. The molecular formula is C20H21N5O3. The molecule has 3 aromatic rings. The number of aromatic nitrogens is 2. The van der Waals surface area contributed by atoms with Crippen LogP contribution in [0.25, 0.3) is 5.65 Å². The number of likely N-dealkylation sites (tertiary alicyclic amines) is 1. The highest BCUT2D eigenvalue weighted by Gasteiger charge is 2.30. The average Bonchev–Trinajstić information content (AvgIpc) is 3.16. The second-order valence-electron chi connectivity index (χ2n) is 7.01. The van der Waals surface area contributed by atoms with Gasteiger partial charge >= 0.3 is 11.2 Å². The van der Waals surface area contributed by atoms with Crippen molar-refractivity contribution >= 4 is 17.2 Å². The van der Waals surface area contributed by atoms with Crippen molar-refractivity contribution in [1.82, 2.24) is 14.3 Å². The van der Waals surface area contributed by atoms with Crippen molar-refractivity contribution in [1.29, 1.82) is 0 Å². The van der Waals surface area contributed by atoms with E-state index in [9.17, 15) is 14.9 Å². The van der Waals surface area contributed by atoms with Gasteiger partial charge in [-0.25, -0.2) is 4.98 Å². The number of nitrogens with zero attached hydrogens (tertiary/aromatic N) is 4. The van der Waals surface area contributed by atoms with E-state index in [0.717, 1.165) is 19.5 Å². The Bertz CT molecular complexity index is 1070. The summed E-state index contributed by atoms with van der Waals surface area (Å²) in [6, 6.07) is 15.5. The molecule has 3 heterocycles. The molecular weight excluding hydrogens is 358 g/mol. The number of rotatable bonds is 5. The third kappa shape index (κ3) is 3.34. The first-order valence-electron chi connectivity index (χ1n) is 9.26. The average molecular weight is 379 g/mol. The van der Waals surface area contributed by atoms with Gasteiger partial charge in [-0.05, 0) is 31.0 Å². The summed E-state index contributed by atoms with van der Waals surface area (Å²) < 4.78 is 1.20. The maximum atomic E-state index is 12.6. The molecule has 0 bridgehead atoms. The van der Waals surface area contributed by atoms with Crippen LogP contribution in [0.2, 0.25) is 0 Å². The zero-order valence-corrected chi connectivity index (χ0v) is 15.5. The normalized spacial score (nSPS) is 18.2. The zero-order chi connectivity index (χ0) is 19.7. The number of nitro groups is 1. The van der Waals surface area contributed by atoms with Gasteiger partial charge in [0.25, 0.3) is 0 Å². The molecule has 2 aromatic heterocycles. The maximum absolute atomic E-state index is 12.6. The van der Waals surface area contributed by atoms with Crippen LogP contribution in [0.3, 0.4) is 0 Å². The fourth-order valence-corrected chi connectivity index (χ4v) is 3.74. The number of nitrogens with one attached hydrogen (secondary N) is 1. The first-order chi connectivity index (χ1) is 13.5. The summed E-state index contributed by atoms with van der Waals surface area (Å²) in [5.41, 5.74) is 0.424. The fraction of sp³-hybridized carbons (Fsp3) is 0.300. The quantitative estimate of drug-likeness (QED) is 0.541. The van der Waals surface area contributed by atoms with Crippen molar-refractivity contribution < 1.29 is 4.92 Å². The summed E-state index contributed by atoms with van der Waals surface area (Å²) in [6.45, 7) is 3.75. The third-order valence-corrected chi connectivity index (χ3v) is 5.28. The smallest absolute Gasteiger partial charge is 0.360 e. The van der Waals surface area contributed by atoms with Gasteiger partial charge in [-0.1, -0.05) is 36.4 Å². The van der Waals surface area contributed by atoms with E-state index in [1.54, 1.807) is 18.2 Å². The van der Waals surface area contributed by atoms with E-state index in [2.05, 4.69) is 34.3 Å². The van der Waals surface area contributed by atoms with Crippen molar-refractivity contribution in [3.05, 3.63) is 80.8 Å². The Morgan fingerprint density at radius 3 is 2.71 bits per heavy atom. The van der Waals surface area contributed by atoms with E-state index in [1.807, 2.05) is 18.2 Å². The number of hydrogen-bond donors (Lipinski definition) is 1. The van der Waals surface area contributed by atoms with Crippen LogP contribution in [0.5, 0.6) is 0 Å². The molecule has 1 aliphatic rings. The number of pyridine rings is 1. The van der Waals surface area contributed by atoms with E-state index in [4.69, 9.17) is 0 Å². The van der Waals surface area contributed by atoms with E-state index < -0.39 is 16.2 Å². The second-order valence-corrected chi connectivity index (χ2v) is 7.01. The molecule has 1 aliphatic heterocycles. The largest absolute Gasteiger partial charge is 0.376 e. The highest BCUT2D eigenvalue weighted by atomic mass is 16.6. The molecule has 4 rings (SSSR count). The van der Waals surface area contributed by atoms with Crippen LogP contribution in [0.1, 0.15) is 24.9 Å². The number of fused-ring (bicyclic) bond motifs is 1. The Kier molecular flexibility index (Phi) is 4.79. The molecule has 28 heavy (non-hydrogen) atoms. The molecule has 1 N–H and O–H groups in total. The molecule has 0 unspecified atom stereocenters. The van der Waals surface area contributed by atoms with Gasteiger partial charge in [0.1, 0.15) is 5.65 Å². The summed E-state index contributed by atoms with van der Waals surface area (Å²) in [7, 11) is 0. The minimum Gasteiger partial charge on any atom is -0.360 e. The Hall–Kier alpha value is -3.26. The monoisotopic (exact) mass is 379 g/mol. The Labute approximate surface area is 161 Å². The molecule has 0 saturated carbocycles. The Balaban J connectivity index is 1.58. The van der Waals surface area contributed by atoms with Gasteiger partial charge in [-0.15, -0.1) is 0 Å². The highest BCUT2D eigenvalue weighted by molar-refractivity contribution is 5.60. The molecule has 0 amide bonds. The van der Waals surface area contributed by atoms with Crippen LogP contribution >= 0.6 is 0 Å². The molecule has 2 atom stereocenters. The summed E-state index contributed by atoms with van der Waals surface area (Å²) in [5.74, 6) is 0.0421. The minimum absolute atomic E-state index is 0.0112. The molecule has 1 fully saturated rings. The number of benzene rings is 1. The molecule has 0 radical (unpaired) electrons. The van der Waals surface area contributed by atoms with E-state index in [-0.39, 0.29) is 17.9 Å². The first-order valence-corrected chi connectivity index (χ1v) is 9.26. The maximum Gasteiger partial charge on any atom is 0.376 e. The van der Waals surface area contributed by atoms with Crippen molar-refractivity contribution in [2.45, 2.75) is 25.4 Å². The minimum atomic E-state index is -0.675. The van der Waals surface area contributed by atoms with Crippen LogP contribution in [0.15, 0.2) is 59.5 Å². The summed E-state index contributed by atoms with van der Waals surface area (Å²) in [6.07, 6.45) is 2.31. The number of anilines is 1. The molecule has 1 aromatic carbocycles. The van der Waals surface area contributed by atoms with Crippen LogP contribution in [-0.2, 0) is 0 Å². The predicted octanol–water partition coefficient (Wildman–Crippen LogP) is 2.85. The Morgan fingerprint density at radius 1 is 1.21 bits per heavy atom. The highest BCUT2D eigenvalue weighted by Crippen LogP contribution is 2.27. The third-order valence-electron chi connectivity index (χ3n) is 5.28. The Morgan fingerprint density at radius 2 is 1.96 bits per heavy atom. The number of hydrogen-bond acceptors (Lipinski definition) is 6. The fourth-order valence-electron chi connectivity index (χ4n) is 3.74. The molecule has 8 heteroatoms. The van der Waals surface area contributed by atoms with Gasteiger partial charge in [0.15, 0.2) is 0 Å². The molecule has 1 saturated heterocycles. The predicted molar refractivity (Wildman–Crippen MR) is 107 cm³/mol. The van der Waals surface area contributed by atoms with Crippen molar-refractivity contribution in [2.24, 2.45) is 0 Å². The van der Waals surface area contributed by atoms with Gasteiger partial charge in [0, 0.05) is 31.4 Å². The van der Waals surface area contributed by atoms with E-state index in [1.165, 1.54) is 16.2 Å². The first kappa shape index (κ1) is 18.1. The standard InChI is InChI=1S/C20H21N5O3/c1-14(15-7-3-2-4-8-15)23-12-10-16(13-23)21-19-18(25(27)28)20(26)24-11-6-5-9-17(24)22-19/h2-9,11,14,16,21H,10,12-13H2,1H3/t14-,16+/m0/s1. The second kappa shape index (κ2) is 7.40. The van der Waals surface area contributed by atoms with Crippen LogP contribution in [0, 0.1) is 10.1 Å². The molecule has 8 nitrogen and oxygen atoms in total. The van der Waals surface area contributed by atoms with Gasteiger partial charge in [-0.2, -0.15) is 0 Å². The lowest BCUT2D eigenvalue weighted by Crippen LogP contribution is -2.30. The van der Waals surface area contributed by atoms with Gasteiger partial charge in [0.05, 0.1) is 4.92 Å². The summed E-state index contributed by atoms with van der Waals surface area (Å²) in [4.78, 5) is 30.1. The van der Waals surface area contributed by atoms with Crippen LogP contribution in [0.4, 0.5) is 11.5 Å². The zero-order valence-electron chi connectivity index (χ0n) is 15.5. The lowest BCUT2D eigenvalue weighted by molar-refractivity contribution is -0.385. The summed E-state index contributed by atoms with van der Waals surface area (Å²) >= 11 is 0. The van der Waals surface area contributed by atoms with Gasteiger partial charge in [-0.3, -0.25) is 24.2 Å². The summed E-state index contributed by atoms with van der Waals surface area (Å²) in [5, 5.41) is 14.7. The van der Waals surface area contributed by atoms with E-state index in [0.29, 0.717) is 5.65 Å².